The van der Waals surface area contributed by atoms with E-state index in [-0.39, 0.29) is 11.4 Å². The van der Waals surface area contributed by atoms with Gasteiger partial charge in [0.25, 0.3) is 0 Å². The molecule has 7 heteroatoms. The Morgan fingerprint density at radius 3 is 2.70 bits per heavy atom. The number of carbonyl (C=O) groups is 2. The van der Waals surface area contributed by atoms with Crippen LogP contribution < -0.4 is 10.6 Å². The van der Waals surface area contributed by atoms with E-state index in [1.807, 2.05) is 10.3 Å². The average molecular weight is 338 g/mol. The highest BCUT2D eigenvalue weighted by Gasteiger charge is 2.28. The number of nitrogens with one attached hydrogen (secondary N) is 2. The zero-order chi connectivity index (χ0) is 16.1. The van der Waals surface area contributed by atoms with E-state index in [9.17, 15) is 9.59 Å². The summed E-state index contributed by atoms with van der Waals surface area (Å²) in [6, 6.07) is 0.742. The summed E-state index contributed by atoms with van der Waals surface area (Å²) in [6.07, 6.45) is 7.82. The Labute approximate surface area is 142 Å². The van der Waals surface area contributed by atoms with Crippen molar-refractivity contribution >= 4 is 24.1 Å². The molecule has 2 heterocycles. The molecule has 0 aromatic rings. The Bertz CT molecular complexity index is 457. The van der Waals surface area contributed by atoms with E-state index >= 15 is 0 Å². The fraction of sp³-hybridized carbons (Fsp3) is 0.750. The third kappa shape index (κ3) is 4.41. The molecular weight excluding hydrogens is 312 g/mol. The number of piperazine rings is 1. The van der Waals surface area contributed by atoms with Crippen LogP contribution in [-0.4, -0.2) is 59.8 Å². The third-order valence-electron chi connectivity index (χ3n) is 4.98. The Morgan fingerprint density at radius 2 is 2.00 bits per heavy atom. The maximum absolute atomic E-state index is 12.4. The lowest BCUT2D eigenvalue weighted by atomic mass is 9.94. The van der Waals surface area contributed by atoms with Crippen molar-refractivity contribution in [2.45, 2.75) is 50.1 Å². The first kappa shape index (κ1) is 16.6. The van der Waals surface area contributed by atoms with Gasteiger partial charge in [-0.25, -0.2) is 0 Å². The third-order valence-corrected chi connectivity index (χ3v) is 5.93. The van der Waals surface area contributed by atoms with Crippen LogP contribution in [0.1, 0.15) is 38.5 Å². The van der Waals surface area contributed by atoms with E-state index in [1.165, 1.54) is 43.9 Å². The topological polar surface area (TPSA) is 64.7 Å². The van der Waals surface area contributed by atoms with Crippen molar-refractivity contribution in [2.24, 2.45) is 0 Å². The van der Waals surface area contributed by atoms with Crippen molar-refractivity contribution in [1.29, 1.82) is 0 Å². The number of carbonyl (C=O) groups excluding carboxylic acids is 2. The highest BCUT2D eigenvalue weighted by atomic mass is 32.2. The van der Waals surface area contributed by atoms with E-state index in [0.29, 0.717) is 12.8 Å². The van der Waals surface area contributed by atoms with Crippen LogP contribution in [0.5, 0.6) is 0 Å². The zero-order valence-corrected chi connectivity index (χ0v) is 14.3. The summed E-state index contributed by atoms with van der Waals surface area (Å²) in [4.78, 5) is 27.4. The lowest BCUT2D eigenvalue weighted by Crippen LogP contribution is -2.52. The highest BCUT2D eigenvalue weighted by molar-refractivity contribution is 8.02. The van der Waals surface area contributed by atoms with Crippen molar-refractivity contribution in [1.82, 2.24) is 20.4 Å². The van der Waals surface area contributed by atoms with Gasteiger partial charge in [0.15, 0.2) is 5.50 Å². The molecule has 0 aromatic carbocycles. The maximum atomic E-state index is 12.4. The van der Waals surface area contributed by atoms with Crippen LogP contribution in [0.4, 0.5) is 0 Å². The lowest BCUT2D eigenvalue weighted by Gasteiger charge is -2.40. The SMILES string of the molecule is O=CNC1NC(CC(=O)N2CCN(C3CCCCC3)CC2)=CS1. The van der Waals surface area contributed by atoms with Gasteiger partial charge in [-0.1, -0.05) is 31.0 Å². The lowest BCUT2D eigenvalue weighted by molar-refractivity contribution is -0.132. The van der Waals surface area contributed by atoms with Crippen LogP contribution in [0.3, 0.4) is 0 Å². The van der Waals surface area contributed by atoms with Gasteiger partial charge >= 0.3 is 0 Å². The molecule has 2 amide bonds. The summed E-state index contributed by atoms with van der Waals surface area (Å²) < 4.78 is 0. The molecule has 0 bridgehead atoms. The molecule has 0 spiro atoms. The Kier molecular flexibility index (Phi) is 5.83. The van der Waals surface area contributed by atoms with Crippen LogP contribution in [0.15, 0.2) is 11.1 Å². The normalized spacial score (nSPS) is 26.5. The summed E-state index contributed by atoms with van der Waals surface area (Å²) >= 11 is 1.49. The van der Waals surface area contributed by atoms with E-state index in [2.05, 4.69) is 15.5 Å². The van der Waals surface area contributed by atoms with Crippen LogP contribution in [0.25, 0.3) is 0 Å². The van der Waals surface area contributed by atoms with Crippen molar-refractivity contribution in [3.63, 3.8) is 0 Å². The first-order chi connectivity index (χ1) is 11.3. The van der Waals surface area contributed by atoms with Crippen molar-refractivity contribution in [3.05, 3.63) is 11.1 Å². The summed E-state index contributed by atoms with van der Waals surface area (Å²) in [5.74, 6) is 0.180. The number of nitrogens with zero attached hydrogens (tertiary/aromatic N) is 2. The van der Waals surface area contributed by atoms with E-state index in [1.54, 1.807) is 0 Å². The summed E-state index contributed by atoms with van der Waals surface area (Å²) in [6.45, 7) is 3.69. The molecule has 2 N–H and O–H groups in total. The van der Waals surface area contributed by atoms with Crippen molar-refractivity contribution in [3.8, 4) is 0 Å². The predicted molar refractivity (Wildman–Crippen MR) is 91.4 cm³/mol. The maximum Gasteiger partial charge on any atom is 0.228 e. The number of thioether (sulfide) groups is 1. The standard InChI is InChI=1S/C16H26N4O2S/c21-12-17-16-18-13(11-23-16)10-15(22)20-8-6-19(7-9-20)14-4-2-1-3-5-14/h11-12,14,16,18H,1-10H2,(H,17,21). The van der Waals surface area contributed by atoms with Crippen LogP contribution in [0, 0.1) is 0 Å². The number of hydrogen-bond acceptors (Lipinski definition) is 5. The van der Waals surface area contributed by atoms with E-state index in [4.69, 9.17) is 0 Å². The molecule has 3 aliphatic rings. The molecule has 0 radical (unpaired) electrons. The summed E-state index contributed by atoms with van der Waals surface area (Å²) in [5.41, 5.74) is 0.757. The number of amides is 2. The first-order valence-corrected chi connectivity index (χ1v) is 9.53. The number of rotatable bonds is 5. The van der Waals surface area contributed by atoms with Gasteiger partial charge in [-0.3, -0.25) is 14.5 Å². The van der Waals surface area contributed by atoms with Gasteiger partial charge in [-0.15, -0.1) is 0 Å². The molecule has 6 nitrogen and oxygen atoms in total. The number of hydrogen-bond donors (Lipinski definition) is 2. The second kappa shape index (κ2) is 8.06. The molecule has 2 aliphatic heterocycles. The minimum Gasteiger partial charge on any atom is -0.359 e. The second-order valence-electron chi connectivity index (χ2n) is 6.47. The van der Waals surface area contributed by atoms with Gasteiger partial charge in [0.2, 0.25) is 12.3 Å². The molecular formula is C16H26N4O2S. The second-order valence-corrected chi connectivity index (χ2v) is 7.45. The first-order valence-electron chi connectivity index (χ1n) is 8.59. The molecule has 1 atom stereocenters. The van der Waals surface area contributed by atoms with Crippen LogP contribution >= 0.6 is 11.8 Å². The minimum atomic E-state index is -0.140. The molecule has 0 aromatic heterocycles. The molecule has 1 saturated heterocycles. The van der Waals surface area contributed by atoms with Crippen molar-refractivity contribution in [2.75, 3.05) is 26.2 Å². The van der Waals surface area contributed by atoms with Gasteiger partial charge in [-0.05, 0) is 18.2 Å². The molecule has 2 fully saturated rings. The Balaban J connectivity index is 1.41. The summed E-state index contributed by atoms with van der Waals surface area (Å²) in [7, 11) is 0. The molecule has 1 unspecified atom stereocenters. The largest absolute Gasteiger partial charge is 0.359 e. The van der Waals surface area contributed by atoms with E-state index in [0.717, 1.165) is 37.9 Å². The van der Waals surface area contributed by atoms with E-state index < -0.39 is 0 Å². The summed E-state index contributed by atoms with van der Waals surface area (Å²) in [5, 5.41) is 7.73. The quantitative estimate of drug-likeness (QED) is 0.734. The molecule has 1 aliphatic carbocycles. The van der Waals surface area contributed by atoms with Gasteiger partial charge in [0.05, 0.1) is 6.42 Å². The van der Waals surface area contributed by atoms with Crippen LogP contribution in [-0.2, 0) is 9.59 Å². The average Bonchev–Trinajstić information content (AvgIpc) is 3.03. The zero-order valence-electron chi connectivity index (χ0n) is 13.5. The molecule has 128 valence electrons. The fourth-order valence-corrected chi connectivity index (χ4v) is 4.48. The molecule has 1 saturated carbocycles. The Hall–Kier alpha value is -1.21. The van der Waals surface area contributed by atoms with Crippen molar-refractivity contribution < 1.29 is 9.59 Å². The minimum absolute atomic E-state index is 0.140. The predicted octanol–water partition coefficient (Wildman–Crippen LogP) is 1.06. The highest BCUT2D eigenvalue weighted by Crippen LogP contribution is 2.24. The van der Waals surface area contributed by atoms with Gasteiger partial charge in [0.1, 0.15) is 0 Å². The van der Waals surface area contributed by atoms with Crippen LogP contribution in [0.2, 0.25) is 0 Å². The fourth-order valence-electron chi connectivity index (χ4n) is 3.68. The Morgan fingerprint density at radius 1 is 1.26 bits per heavy atom. The molecule has 23 heavy (non-hydrogen) atoms. The van der Waals surface area contributed by atoms with Gasteiger partial charge in [-0.2, -0.15) is 0 Å². The van der Waals surface area contributed by atoms with Gasteiger partial charge < -0.3 is 15.5 Å². The molecule has 3 rings (SSSR count). The van der Waals surface area contributed by atoms with Gasteiger partial charge in [0, 0.05) is 37.9 Å². The smallest absolute Gasteiger partial charge is 0.228 e. The monoisotopic (exact) mass is 338 g/mol.